The molecular weight excluding hydrogens is 328 g/mol. The summed E-state index contributed by atoms with van der Waals surface area (Å²) in [6, 6.07) is 7.27. The number of nitrogens with zero attached hydrogens (tertiary/aromatic N) is 2. The number of morpholine rings is 1. The monoisotopic (exact) mass is 354 g/mol. The number of ether oxygens (including phenoxy) is 2. The summed E-state index contributed by atoms with van der Waals surface area (Å²) in [6.07, 6.45) is 0.845. The van der Waals surface area contributed by atoms with Crippen molar-refractivity contribution < 1.29 is 17.9 Å². The van der Waals surface area contributed by atoms with Gasteiger partial charge in [-0.25, -0.2) is 8.42 Å². The smallest absolute Gasteiger partial charge is 0.243 e. The number of fused-ring (bicyclic) bond motifs is 1. The van der Waals surface area contributed by atoms with Gasteiger partial charge in [-0.3, -0.25) is 4.90 Å². The predicted molar refractivity (Wildman–Crippen MR) is 91.5 cm³/mol. The van der Waals surface area contributed by atoms with E-state index in [2.05, 4.69) is 4.90 Å². The van der Waals surface area contributed by atoms with Crippen LogP contribution >= 0.6 is 0 Å². The molecule has 0 bridgehead atoms. The molecule has 0 N–H and O–H groups in total. The van der Waals surface area contributed by atoms with Crippen LogP contribution in [0.2, 0.25) is 0 Å². The summed E-state index contributed by atoms with van der Waals surface area (Å²) in [5.74, 6) is 0. The number of sulfonamides is 1. The van der Waals surface area contributed by atoms with Gasteiger partial charge in [0.1, 0.15) is 0 Å². The Morgan fingerprint density at radius 1 is 1.29 bits per heavy atom. The van der Waals surface area contributed by atoms with Gasteiger partial charge in [-0.05, 0) is 25.0 Å². The van der Waals surface area contributed by atoms with E-state index in [0.29, 0.717) is 31.2 Å². The average molecular weight is 354 g/mol. The Morgan fingerprint density at radius 3 is 2.83 bits per heavy atom. The summed E-state index contributed by atoms with van der Waals surface area (Å²) in [5, 5.41) is 0. The van der Waals surface area contributed by atoms with Gasteiger partial charge in [0, 0.05) is 39.3 Å². The van der Waals surface area contributed by atoms with E-state index < -0.39 is 10.0 Å². The lowest BCUT2D eigenvalue weighted by Crippen LogP contribution is -2.61. The van der Waals surface area contributed by atoms with Crippen molar-refractivity contribution in [2.45, 2.75) is 30.4 Å². The average Bonchev–Trinajstić information content (AvgIpc) is 2.59. The molecule has 134 valence electrons. The van der Waals surface area contributed by atoms with Crippen LogP contribution in [0.15, 0.2) is 29.2 Å². The molecule has 2 aliphatic rings. The van der Waals surface area contributed by atoms with Crippen LogP contribution in [0.3, 0.4) is 0 Å². The van der Waals surface area contributed by atoms with Crippen molar-refractivity contribution in [1.82, 2.24) is 9.21 Å². The highest BCUT2D eigenvalue weighted by Gasteiger charge is 2.40. The van der Waals surface area contributed by atoms with Crippen LogP contribution in [0.4, 0.5) is 0 Å². The van der Waals surface area contributed by atoms with Gasteiger partial charge in [0.25, 0.3) is 0 Å². The van der Waals surface area contributed by atoms with Crippen LogP contribution in [-0.2, 0) is 19.5 Å². The molecule has 2 saturated heterocycles. The first-order valence-corrected chi connectivity index (χ1v) is 9.88. The lowest BCUT2D eigenvalue weighted by atomic mass is 10.0. The van der Waals surface area contributed by atoms with Crippen molar-refractivity contribution in [3.8, 4) is 0 Å². The molecule has 24 heavy (non-hydrogen) atoms. The molecule has 1 aromatic carbocycles. The summed E-state index contributed by atoms with van der Waals surface area (Å²) >= 11 is 0. The van der Waals surface area contributed by atoms with E-state index in [4.69, 9.17) is 9.47 Å². The molecule has 0 radical (unpaired) electrons. The fourth-order valence-electron chi connectivity index (χ4n) is 3.60. The largest absolute Gasteiger partial charge is 0.383 e. The number of rotatable bonds is 5. The summed E-state index contributed by atoms with van der Waals surface area (Å²) < 4.78 is 38.8. The number of aryl methyl sites for hydroxylation is 1. The van der Waals surface area contributed by atoms with Gasteiger partial charge in [-0.15, -0.1) is 0 Å². The summed E-state index contributed by atoms with van der Waals surface area (Å²) in [7, 11) is -1.78. The maximum absolute atomic E-state index is 13.0. The van der Waals surface area contributed by atoms with Crippen molar-refractivity contribution in [2.24, 2.45) is 0 Å². The number of hydrogen-bond acceptors (Lipinski definition) is 5. The number of benzene rings is 1. The first-order chi connectivity index (χ1) is 11.5. The van der Waals surface area contributed by atoms with Crippen molar-refractivity contribution in [1.29, 1.82) is 0 Å². The number of piperidine rings is 1. The second-order valence-corrected chi connectivity index (χ2v) is 8.33. The van der Waals surface area contributed by atoms with Crippen molar-refractivity contribution in [3.63, 3.8) is 0 Å². The highest BCUT2D eigenvalue weighted by molar-refractivity contribution is 7.89. The van der Waals surface area contributed by atoms with Gasteiger partial charge in [-0.1, -0.05) is 18.2 Å². The lowest BCUT2D eigenvalue weighted by molar-refractivity contribution is -0.0966. The molecule has 0 unspecified atom stereocenters. The molecule has 0 aromatic heterocycles. The van der Waals surface area contributed by atoms with E-state index in [1.165, 1.54) is 0 Å². The van der Waals surface area contributed by atoms with E-state index in [-0.39, 0.29) is 12.1 Å². The molecule has 0 saturated carbocycles. The normalized spacial score (nSPS) is 26.2. The van der Waals surface area contributed by atoms with Crippen LogP contribution < -0.4 is 0 Å². The minimum absolute atomic E-state index is 0.0986. The molecule has 2 aliphatic heterocycles. The summed E-state index contributed by atoms with van der Waals surface area (Å²) in [5.41, 5.74) is 0.788. The van der Waals surface area contributed by atoms with Crippen LogP contribution in [0.1, 0.15) is 12.0 Å². The lowest BCUT2D eigenvalue weighted by Gasteiger charge is -2.46. The van der Waals surface area contributed by atoms with Crippen LogP contribution in [0.5, 0.6) is 0 Å². The molecule has 2 atom stereocenters. The molecule has 2 fully saturated rings. The van der Waals surface area contributed by atoms with Gasteiger partial charge in [0.15, 0.2) is 0 Å². The minimum atomic E-state index is -3.47. The van der Waals surface area contributed by atoms with Crippen molar-refractivity contribution in [3.05, 3.63) is 29.8 Å². The third-order valence-corrected chi connectivity index (χ3v) is 6.98. The Morgan fingerprint density at radius 2 is 2.08 bits per heavy atom. The van der Waals surface area contributed by atoms with Crippen molar-refractivity contribution in [2.75, 3.05) is 46.5 Å². The summed E-state index contributed by atoms with van der Waals surface area (Å²) in [4.78, 5) is 2.71. The van der Waals surface area contributed by atoms with E-state index in [1.807, 2.05) is 19.1 Å². The zero-order valence-electron chi connectivity index (χ0n) is 14.3. The Kier molecular flexibility index (Phi) is 5.56. The third kappa shape index (κ3) is 3.50. The SMILES string of the molecule is COCCN1CCO[C@H]2CCN(S(=O)(=O)c3ccccc3C)C[C@@H]21. The Hall–Kier alpha value is -0.990. The highest BCUT2D eigenvalue weighted by Crippen LogP contribution is 2.28. The van der Waals surface area contributed by atoms with Crippen LogP contribution in [0.25, 0.3) is 0 Å². The number of methoxy groups -OCH3 is 1. The zero-order chi connectivity index (χ0) is 17.2. The number of hydrogen-bond donors (Lipinski definition) is 0. The first kappa shape index (κ1) is 17.8. The van der Waals surface area contributed by atoms with Crippen LogP contribution in [0, 0.1) is 6.92 Å². The standard InChI is InChI=1S/C17H26N2O4S/c1-14-5-3-4-6-17(14)24(20,21)19-8-7-16-15(13-19)18(9-11-22-2)10-12-23-16/h3-6,15-16H,7-13H2,1-2H3/t15-,16-/m0/s1. The highest BCUT2D eigenvalue weighted by atomic mass is 32.2. The molecule has 0 spiro atoms. The topological polar surface area (TPSA) is 59.1 Å². The quantitative estimate of drug-likeness (QED) is 0.793. The molecule has 1 aromatic rings. The molecule has 2 heterocycles. The van der Waals surface area contributed by atoms with Gasteiger partial charge in [0.05, 0.1) is 24.2 Å². The Balaban J connectivity index is 1.79. The summed E-state index contributed by atoms with van der Waals surface area (Å²) in [6.45, 7) is 5.81. The second-order valence-electron chi connectivity index (χ2n) is 6.42. The van der Waals surface area contributed by atoms with E-state index in [0.717, 1.165) is 25.1 Å². The maximum atomic E-state index is 13.0. The molecular formula is C17H26N2O4S. The van der Waals surface area contributed by atoms with Crippen molar-refractivity contribution >= 4 is 10.0 Å². The van der Waals surface area contributed by atoms with Gasteiger partial charge in [-0.2, -0.15) is 4.31 Å². The van der Waals surface area contributed by atoms with Gasteiger partial charge in [0.2, 0.25) is 10.0 Å². The molecule has 3 rings (SSSR count). The third-order valence-electron chi connectivity index (χ3n) is 4.96. The Labute approximate surface area is 144 Å². The minimum Gasteiger partial charge on any atom is -0.383 e. The molecule has 6 nitrogen and oxygen atoms in total. The van der Waals surface area contributed by atoms with Gasteiger partial charge >= 0.3 is 0 Å². The predicted octanol–water partition coefficient (Wildman–Crippen LogP) is 1.11. The fourth-order valence-corrected chi connectivity index (χ4v) is 5.30. The van der Waals surface area contributed by atoms with E-state index in [1.54, 1.807) is 23.5 Å². The second kappa shape index (κ2) is 7.49. The Bertz CT molecular complexity index is 664. The molecule has 0 amide bonds. The molecule has 7 heteroatoms. The van der Waals surface area contributed by atoms with Gasteiger partial charge < -0.3 is 9.47 Å². The van der Waals surface area contributed by atoms with E-state index >= 15 is 0 Å². The first-order valence-electron chi connectivity index (χ1n) is 8.44. The molecule has 0 aliphatic carbocycles. The zero-order valence-corrected chi connectivity index (χ0v) is 15.2. The fraction of sp³-hybridized carbons (Fsp3) is 0.647. The van der Waals surface area contributed by atoms with E-state index in [9.17, 15) is 8.42 Å². The van der Waals surface area contributed by atoms with Crippen LogP contribution in [-0.4, -0.2) is 76.3 Å². The maximum Gasteiger partial charge on any atom is 0.243 e.